The zero-order chi connectivity index (χ0) is 25.4. The predicted octanol–water partition coefficient (Wildman–Crippen LogP) is 4.62. The van der Waals surface area contributed by atoms with Gasteiger partial charge in [-0.2, -0.15) is 5.10 Å². The first-order valence-corrected chi connectivity index (χ1v) is 10.5. The average molecular weight is 500 g/mol. The first kappa shape index (κ1) is 25.3. The standard InChI is InChI=1S/C24H22ClN3O7/c1-32-20-9-6-17(12-21(20)33-2)24(29)27-26-13-16-10-19(25)23(22(11-16)34-3)35-14-15-4-7-18(8-5-15)28(30)31/h4-13H,14H2,1-3H3,(H,27,29)/b26-13+. The fourth-order valence-corrected chi connectivity index (χ4v) is 3.30. The van der Waals surface area contributed by atoms with E-state index in [-0.39, 0.29) is 17.3 Å². The summed E-state index contributed by atoms with van der Waals surface area (Å²) in [4.78, 5) is 22.7. The summed E-state index contributed by atoms with van der Waals surface area (Å²) in [6.45, 7) is 0.128. The van der Waals surface area contributed by atoms with Crippen molar-refractivity contribution in [3.05, 3.63) is 86.4 Å². The van der Waals surface area contributed by atoms with E-state index in [1.165, 1.54) is 39.7 Å². The molecule has 1 N–H and O–H groups in total. The number of hydrogen-bond acceptors (Lipinski definition) is 8. The number of methoxy groups -OCH3 is 3. The van der Waals surface area contributed by atoms with Gasteiger partial charge in [-0.1, -0.05) is 11.6 Å². The van der Waals surface area contributed by atoms with Gasteiger partial charge >= 0.3 is 0 Å². The summed E-state index contributed by atoms with van der Waals surface area (Å²) in [7, 11) is 4.45. The fourth-order valence-electron chi connectivity index (χ4n) is 3.03. The number of nitrogens with one attached hydrogen (secondary N) is 1. The molecule has 3 aromatic rings. The van der Waals surface area contributed by atoms with Gasteiger partial charge in [0.15, 0.2) is 23.0 Å². The molecule has 0 aliphatic rings. The molecule has 11 heteroatoms. The minimum absolute atomic E-state index is 0.00813. The molecule has 0 aliphatic heterocycles. The van der Waals surface area contributed by atoms with Crippen LogP contribution in [-0.2, 0) is 6.61 Å². The second-order valence-electron chi connectivity index (χ2n) is 7.02. The van der Waals surface area contributed by atoms with Crippen molar-refractivity contribution in [2.75, 3.05) is 21.3 Å². The predicted molar refractivity (Wildman–Crippen MR) is 130 cm³/mol. The number of nitro benzene ring substituents is 1. The zero-order valence-corrected chi connectivity index (χ0v) is 19.9. The Morgan fingerprint density at radius 3 is 2.31 bits per heavy atom. The van der Waals surface area contributed by atoms with Crippen LogP contribution in [0.15, 0.2) is 59.7 Å². The molecule has 1 amide bonds. The maximum Gasteiger partial charge on any atom is 0.271 e. The molecule has 0 aliphatic carbocycles. The molecule has 3 aromatic carbocycles. The van der Waals surface area contributed by atoms with Gasteiger partial charge in [-0.3, -0.25) is 14.9 Å². The lowest BCUT2D eigenvalue weighted by Gasteiger charge is -2.13. The van der Waals surface area contributed by atoms with Gasteiger partial charge in [-0.15, -0.1) is 0 Å². The van der Waals surface area contributed by atoms with Crippen molar-refractivity contribution in [3.63, 3.8) is 0 Å². The fraction of sp³-hybridized carbons (Fsp3) is 0.167. The highest BCUT2D eigenvalue weighted by Gasteiger charge is 2.13. The molecule has 0 heterocycles. The number of carbonyl (C=O) groups excluding carboxylic acids is 1. The lowest BCUT2D eigenvalue weighted by atomic mass is 10.2. The van der Waals surface area contributed by atoms with Crippen LogP contribution in [0.1, 0.15) is 21.5 Å². The third kappa shape index (κ3) is 6.39. The third-order valence-electron chi connectivity index (χ3n) is 4.81. The molecule has 0 saturated heterocycles. The lowest BCUT2D eigenvalue weighted by molar-refractivity contribution is -0.384. The van der Waals surface area contributed by atoms with Crippen LogP contribution in [0.5, 0.6) is 23.0 Å². The van der Waals surface area contributed by atoms with Gasteiger partial charge in [-0.25, -0.2) is 5.43 Å². The number of halogens is 1. The number of benzene rings is 3. The van der Waals surface area contributed by atoms with Crippen LogP contribution in [0.25, 0.3) is 0 Å². The molecular formula is C24H22ClN3O7. The normalized spacial score (nSPS) is 10.6. The van der Waals surface area contributed by atoms with E-state index in [0.717, 1.165) is 5.56 Å². The highest BCUT2D eigenvalue weighted by molar-refractivity contribution is 6.32. The highest BCUT2D eigenvalue weighted by atomic mass is 35.5. The number of nitrogens with zero attached hydrogens (tertiary/aromatic N) is 2. The van der Waals surface area contributed by atoms with Crippen molar-refractivity contribution in [2.24, 2.45) is 5.10 Å². The van der Waals surface area contributed by atoms with Crippen LogP contribution in [0.3, 0.4) is 0 Å². The van der Waals surface area contributed by atoms with E-state index in [9.17, 15) is 14.9 Å². The van der Waals surface area contributed by atoms with Gasteiger partial charge in [0.2, 0.25) is 0 Å². The summed E-state index contributed by atoms with van der Waals surface area (Å²) in [5, 5.41) is 15.0. The molecular weight excluding hydrogens is 478 g/mol. The molecule has 10 nitrogen and oxygen atoms in total. The molecule has 35 heavy (non-hydrogen) atoms. The van der Waals surface area contributed by atoms with Crippen LogP contribution < -0.4 is 24.4 Å². The number of hydrazone groups is 1. The van der Waals surface area contributed by atoms with Gasteiger partial charge in [-0.05, 0) is 53.6 Å². The van der Waals surface area contributed by atoms with Crippen molar-refractivity contribution in [1.82, 2.24) is 5.43 Å². The minimum atomic E-state index is -0.471. The van der Waals surface area contributed by atoms with Crippen molar-refractivity contribution in [3.8, 4) is 23.0 Å². The van der Waals surface area contributed by atoms with Crippen LogP contribution in [0, 0.1) is 10.1 Å². The van der Waals surface area contributed by atoms with Crippen LogP contribution in [0.4, 0.5) is 5.69 Å². The lowest BCUT2D eigenvalue weighted by Crippen LogP contribution is -2.17. The average Bonchev–Trinajstić information content (AvgIpc) is 2.87. The van der Waals surface area contributed by atoms with E-state index in [1.54, 1.807) is 42.5 Å². The van der Waals surface area contributed by atoms with Gasteiger partial charge in [0.25, 0.3) is 11.6 Å². The molecule has 0 spiro atoms. The maximum atomic E-state index is 12.4. The SMILES string of the molecule is COc1ccc(C(=O)N/N=C/c2cc(Cl)c(OCc3ccc([N+](=O)[O-])cc3)c(OC)c2)cc1OC. The number of carbonyl (C=O) groups is 1. The summed E-state index contributed by atoms with van der Waals surface area (Å²) in [6.07, 6.45) is 1.41. The molecule has 0 aromatic heterocycles. The summed E-state index contributed by atoms with van der Waals surface area (Å²) in [6, 6.07) is 14.0. The molecule has 0 bridgehead atoms. The molecule has 0 saturated carbocycles. The Morgan fingerprint density at radius 1 is 1.00 bits per heavy atom. The van der Waals surface area contributed by atoms with Crippen molar-refractivity contribution in [1.29, 1.82) is 0 Å². The number of hydrogen-bond donors (Lipinski definition) is 1. The Morgan fingerprint density at radius 2 is 1.69 bits per heavy atom. The smallest absolute Gasteiger partial charge is 0.271 e. The largest absolute Gasteiger partial charge is 0.493 e. The van der Waals surface area contributed by atoms with E-state index in [2.05, 4.69) is 10.5 Å². The monoisotopic (exact) mass is 499 g/mol. The molecule has 3 rings (SSSR count). The Bertz CT molecular complexity index is 1250. The zero-order valence-electron chi connectivity index (χ0n) is 19.1. The number of nitro groups is 1. The Kier molecular flexibility index (Phi) is 8.47. The molecule has 182 valence electrons. The highest BCUT2D eigenvalue weighted by Crippen LogP contribution is 2.36. The Balaban J connectivity index is 1.68. The van der Waals surface area contributed by atoms with Gasteiger partial charge in [0, 0.05) is 17.7 Å². The summed E-state index contributed by atoms with van der Waals surface area (Å²) >= 11 is 6.38. The Labute approximate surface area is 206 Å². The van der Waals surface area contributed by atoms with Crippen LogP contribution >= 0.6 is 11.6 Å². The van der Waals surface area contributed by atoms with E-state index in [1.807, 2.05) is 0 Å². The van der Waals surface area contributed by atoms with Gasteiger partial charge in [0.05, 0.1) is 37.5 Å². The van der Waals surface area contributed by atoms with Gasteiger partial charge < -0.3 is 18.9 Å². The van der Waals surface area contributed by atoms with E-state index < -0.39 is 10.8 Å². The van der Waals surface area contributed by atoms with Crippen molar-refractivity contribution < 1.29 is 28.7 Å². The molecule has 0 unspecified atom stereocenters. The second-order valence-corrected chi connectivity index (χ2v) is 7.42. The second kappa shape index (κ2) is 11.7. The number of non-ortho nitro benzene ring substituents is 1. The quantitative estimate of drug-likeness (QED) is 0.245. The molecule has 0 radical (unpaired) electrons. The number of ether oxygens (including phenoxy) is 4. The van der Waals surface area contributed by atoms with Crippen LogP contribution in [0.2, 0.25) is 5.02 Å². The van der Waals surface area contributed by atoms with Crippen LogP contribution in [-0.4, -0.2) is 38.4 Å². The summed E-state index contributed by atoms with van der Waals surface area (Å²) < 4.78 is 21.5. The van der Waals surface area contributed by atoms with Crippen molar-refractivity contribution >= 4 is 29.4 Å². The first-order valence-electron chi connectivity index (χ1n) is 10.1. The summed E-state index contributed by atoms with van der Waals surface area (Å²) in [5.74, 6) is 1.14. The van der Waals surface area contributed by atoms with E-state index >= 15 is 0 Å². The van der Waals surface area contributed by atoms with Gasteiger partial charge in [0.1, 0.15) is 6.61 Å². The van der Waals surface area contributed by atoms with E-state index in [0.29, 0.717) is 34.1 Å². The third-order valence-corrected chi connectivity index (χ3v) is 5.09. The number of amides is 1. The first-order chi connectivity index (χ1) is 16.9. The minimum Gasteiger partial charge on any atom is -0.493 e. The summed E-state index contributed by atoms with van der Waals surface area (Å²) in [5.41, 5.74) is 4.05. The molecule has 0 atom stereocenters. The topological polar surface area (TPSA) is 122 Å². The Hall–Kier alpha value is -4.31. The van der Waals surface area contributed by atoms with E-state index in [4.69, 9.17) is 30.5 Å². The molecule has 0 fully saturated rings. The number of rotatable bonds is 10. The maximum absolute atomic E-state index is 12.4. The van der Waals surface area contributed by atoms with Crippen molar-refractivity contribution in [2.45, 2.75) is 6.61 Å².